The fourth-order valence-electron chi connectivity index (χ4n) is 0.937. The fraction of sp³-hybridized carbons (Fsp3) is 0. The Bertz CT molecular complexity index is 565. The van der Waals surface area contributed by atoms with Gasteiger partial charge in [0.15, 0.2) is 0 Å². The molecular formula is C4H12CuN20-4. The van der Waals surface area contributed by atoms with Gasteiger partial charge in [-0.1, -0.05) is 0 Å². The van der Waals surface area contributed by atoms with E-state index < -0.39 is 0 Å². The van der Waals surface area contributed by atoms with Gasteiger partial charge in [0.1, 0.15) is 0 Å². The van der Waals surface area contributed by atoms with Crippen molar-refractivity contribution >= 4 is 0 Å². The maximum atomic E-state index is 3.48. The third kappa shape index (κ3) is 6.73. The normalized spacial score (nSPS) is 8.00. The van der Waals surface area contributed by atoms with Gasteiger partial charge in [-0.25, -0.2) is 0 Å². The van der Waals surface area contributed by atoms with Crippen molar-refractivity contribution in [2.45, 2.75) is 0 Å². The molecule has 4 heterocycles. The van der Waals surface area contributed by atoms with E-state index in [0.717, 1.165) is 0 Å². The molecule has 143 valence electrons. The third-order valence-corrected chi connectivity index (χ3v) is 1.68. The standard InChI is InChI=1S/2C2N8.Cu.2H3N.2H2N/c2*3-1(4-8-7-3)2-5-9-10-6-2;;;;;/h;;;2*1H3;2*1H2/q2*-2;;;;2*-1/p+2. The fourth-order valence-corrected chi connectivity index (χ4v) is 0.937. The first-order chi connectivity index (χ1) is 9.93. The summed E-state index contributed by atoms with van der Waals surface area (Å²) in [6.45, 7) is 0. The second kappa shape index (κ2) is 13.1. The SMILES string of the molecule is [Cu].[NH2-].[NH2-].[NH4+].[NH4+].n1n[n-]c(-c2nnn[n-]2)n1.n1n[n-]c(-c2nnn[n-]2)n1. The van der Waals surface area contributed by atoms with Gasteiger partial charge in [-0.3, -0.25) is 41.2 Å². The van der Waals surface area contributed by atoms with Crippen molar-refractivity contribution in [3.63, 3.8) is 0 Å². The van der Waals surface area contributed by atoms with E-state index in [2.05, 4.69) is 82.5 Å². The summed E-state index contributed by atoms with van der Waals surface area (Å²) in [6.07, 6.45) is 0. The molecule has 12 N–H and O–H groups in total. The van der Waals surface area contributed by atoms with Crippen LogP contribution in [0.4, 0.5) is 0 Å². The monoisotopic (exact) mass is 403 g/mol. The molecule has 4 aromatic heterocycles. The molecule has 0 saturated carbocycles. The average molecular weight is 404 g/mol. The molecule has 0 fully saturated rings. The summed E-state index contributed by atoms with van der Waals surface area (Å²) < 4.78 is 0. The van der Waals surface area contributed by atoms with E-state index in [4.69, 9.17) is 0 Å². The molecular weight excluding hydrogens is 392 g/mol. The summed E-state index contributed by atoms with van der Waals surface area (Å²) in [5.74, 6) is 0.963. The molecule has 0 aliphatic rings. The van der Waals surface area contributed by atoms with Crippen molar-refractivity contribution in [1.29, 1.82) is 0 Å². The molecule has 4 rings (SSSR count). The first kappa shape index (κ1) is 26.5. The molecule has 0 atom stereocenters. The average Bonchev–Trinajstić information content (AvgIpc) is 3.29. The molecule has 1 radical (unpaired) electrons. The van der Waals surface area contributed by atoms with Gasteiger partial charge in [-0.05, 0) is 0 Å². The Morgan fingerprint density at radius 2 is 0.640 bits per heavy atom. The Labute approximate surface area is 148 Å². The number of hydrogen-bond donors (Lipinski definition) is 2. The van der Waals surface area contributed by atoms with E-state index in [0.29, 0.717) is 0 Å². The Morgan fingerprint density at radius 3 is 0.760 bits per heavy atom. The van der Waals surface area contributed by atoms with Crippen LogP contribution < -0.4 is 32.7 Å². The number of quaternary nitrogens is 2. The molecule has 21 heteroatoms. The van der Waals surface area contributed by atoms with Crippen molar-refractivity contribution < 1.29 is 17.1 Å². The van der Waals surface area contributed by atoms with Crippen LogP contribution in [-0.4, -0.2) is 62.1 Å². The Kier molecular flexibility index (Phi) is 13.9. The summed E-state index contributed by atoms with van der Waals surface area (Å²) in [7, 11) is 0. The van der Waals surface area contributed by atoms with Crippen molar-refractivity contribution in [3.05, 3.63) is 12.3 Å². The second-order valence-corrected chi connectivity index (χ2v) is 2.81. The van der Waals surface area contributed by atoms with Gasteiger partial charge in [-0.2, -0.15) is 20.9 Å². The van der Waals surface area contributed by atoms with Crippen LogP contribution in [-0.2, 0) is 17.1 Å². The summed E-state index contributed by atoms with van der Waals surface area (Å²) in [4.78, 5) is 0. The van der Waals surface area contributed by atoms with Gasteiger partial charge >= 0.3 is 0 Å². The van der Waals surface area contributed by atoms with Crippen molar-refractivity contribution in [2.75, 3.05) is 0 Å². The second-order valence-electron chi connectivity index (χ2n) is 2.81. The minimum Gasteiger partial charge on any atom is -0.693 e. The van der Waals surface area contributed by atoms with Crippen LogP contribution in [0.25, 0.3) is 35.6 Å². The number of tetrazole rings is 4. The van der Waals surface area contributed by atoms with Crippen molar-refractivity contribution in [2.24, 2.45) is 0 Å². The van der Waals surface area contributed by atoms with Gasteiger partial charge in [0, 0.05) is 40.4 Å². The number of rotatable bonds is 2. The van der Waals surface area contributed by atoms with E-state index >= 15 is 0 Å². The Balaban J connectivity index is -0.000000323. The molecule has 0 aliphatic heterocycles. The zero-order valence-corrected chi connectivity index (χ0v) is 13.6. The molecule has 0 saturated heterocycles. The summed E-state index contributed by atoms with van der Waals surface area (Å²) in [5.41, 5.74) is 0. The molecule has 0 spiro atoms. The van der Waals surface area contributed by atoms with Crippen LogP contribution in [0.2, 0.25) is 0 Å². The summed E-state index contributed by atoms with van der Waals surface area (Å²) in [6, 6.07) is 0. The van der Waals surface area contributed by atoms with E-state index in [9.17, 15) is 0 Å². The number of aromatic nitrogens is 16. The first-order valence-corrected chi connectivity index (χ1v) is 4.69. The predicted molar refractivity (Wildman–Crippen MR) is 73.1 cm³/mol. The maximum Gasteiger partial charge on any atom is 0.0467 e. The van der Waals surface area contributed by atoms with Gasteiger partial charge < -0.3 is 45.0 Å². The Hall–Kier alpha value is -3.36. The minimum atomic E-state index is 0. The van der Waals surface area contributed by atoms with E-state index in [1.54, 1.807) is 0 Å². The molecule has 0 bridgehead atoms. The van der Waals surface area contributed by atoms with Crippen LogP contribution in [0.3, 0.4) is 0 Å². The van der Waals surface area contributed by atoms with Crippen LogP contribution >= 0.6 is 0 Å². The van der Waals surface area contributed by atoms with E-state index in [-0.39, 0.29) is 65.0 Å². The molecule has 0 amide bonds. The topological polar surface area (TPSA) is 351 Å². The van der Waals surface area contributed by atoms with Gasteiger partial charge in [0.25, 0.3) is 0 Å². The third-order valence-electron chi connectivity index (χ3n) is 1.68. The van der Waals surface area contributed by atoms with Crippen LogP contribution in [0, 0.1) is 0 Å². The van der Waals surface area contributed by atoms with Crippen molar-refractivity contribution in [3.8, 4) is 23.3 Å². The molecule has 4 aromatic rings. The maximum absolute atomic E-state index is 3.48. The molecule has 0 aromatic carbocycles. The van der Waals surface area contributed by atoms with Crippen LogP contribution in [0.5, 0.6) is 0 Å². The summed E-state index contributed by atoms with van der Waals surface area (Å²) in [5, 5.41) is 53.7. The molecule has 20 nitrogen and oxygen atoms in total. The van der Waals surface area contributed by atoms with Gasteiger partial charge in [0.2, 0.25) is 0 Å². The van der Waals surface area contributed by atoms with Crippen LogP contribution in [0.1, 0.15) is 0 Å². The predicted octanol–water partition coefficient (Wildman–Crippen LogP) is -2.54. The zero-order valence-electron chi connectivity index (χ0n) is 12.6. The Morgan fingerprint density at radius 1 is 0.440 bits per heavy atom. The quantitative estimate of drug-likeness (QED) is 0.325. The minimum absolute atomic E-state index is 0. The van der Waals surface area contributed by atoms with Crippen molar-refractivity contribution in [1.82, 2.24) is 94.8 Å². The zero-order chi connectivity index (χ0) is 13.6. The first-order valence-electron chi connectivity index (χ1n) is 4.69. The largest absolute Gasteiger partial charge is 0.693 e. The number of hydrogen-bond acceptors (Lipinski definition) is 12. The van der Waals surface area contributed by atoms with Gasteiger partial charge in [-0.15, -0.1) is 0 Å². The van der Waals surface area contributed by atoms with Gasteiger partial charge in [0.05, 0.1) is 0 Å². The summed E-state index contributed by atoms with van der Waals surface area (Å²) >= 11 is 0. The smallest absolute Gasteiger partial charge is 0.0467 e. The van der Waals surface area contributed by atoms with E-state index in [1.165, 1.54) is 0 Å². The molecule has 0 aliphatic carbocycles. The van der Waals surface area contributed by atoms with E-state index in [1.807, 2.05) is 0 Å². The number of nitrogens with zero attached hydrogens (tertiary/aromatic N) is 16. The molecule has 25 heavy (non-hydrogen) atoms. The number of nitrogens with two attached hydrogens (primary N) is 2. The molecule has 0 unspecified atom stereocenters. The van der Waals surface area contributed by atoms with Crippen LogP contribution in [0.15, 0.2) is 0 Å².